The van der Waals surface area contributed by atoms with Crippen LogP contribution in [0.15, 0.2) is 54.6 Å². The van der Waals surface area contributed by atoms with Crippen LogP contribution in [-0.2, 0) is 11.8 Å². The second-order valence-electron chi connectivity index (χ2n) is 8.77. The summed E-state index contributed by atoms with van der Waals surface area (Å²) in [5.74, 6) is 1.08. The SMILES string of the molecule is COc1ccc(Cc2ccc3nn(-c4cc(C)cc(C(C)(C)C)c4O)nc3c2)cc1. The number of aromatic nitrogens is 3. The first-order valence-corrected chi connectivity index (χ1v) is 10.1. The number of rotatable bonds is 4. The molecule has 4 aromatic rings. The Morgan fingerprint density at radius 1 is 0.900 bits per heavy atom. The molecule has 0 aliphatic carbocycles. The lowest BCUT2D eigenvalue weighted by Gasteiger charge is -2.22. The zero-order valence-corrected chi connectivity index (χ0v) is 18.1. The molecule has 0 aliphatic heterocycles. The fraction of sp³-hybridized carbons (Fsp3) is 0.280. The van der Waals surface area contributed by atoms with Crippen LogP contribution < -0.4 is 4.74 Å². The zero-order valence-electron chi connectivity index (χ0n) is 18.1. The number of phenolic OH excluding ortho intramolecular Hbond substituents is 1. The quantitative estimate of drug-likeness (QED) is 0.502. The summed E-state index contributed by atoms with van der Waals surface area (Å²) in [4.78, 5) is 1.54. The highest BCUT2D eigenvalue weighted by Gasteiger charge is 2.22. The molecule has 0 saturated heterocycles. The average Bonchev–Trinajstić information content (AvgIpc) is 3.12. The minimum Gasteiger partial charge on any atom is -0.505 e. The summed E-state index contributed by atoms with van der Waals surface area (Å²) < 4.78 is 5.23. The molecule has 0 saturated carbocycles. The lowest BCUT2D eigenvalue weighted by atomic mass is 9.85. The molecule has 5 nitrogen and oxygen atoms in total. The minimum atomic E-state index is -0.178. The van der Waals surface area contributed by atoms with Gasteiger partial charge >= 0.3 is 0 Å². The number of ether oxygens (including phenoxy) is 1. The van der Waals surface area contributed by atoms with Crippen LogP contribution in [0.4, 0.5) is 0 Å². The Kier molecular flexibility index (Phi) is 4.98. The van der Waals surface area contributed by atoms with Gasteiger partial charge in [0.05, 0.1) is 7.11 Å². The number of benzene rings is 3. The van der Waals surface area contributed by atoms with Crippen molar-refractivity contribution in [3.8, 4) is 17.2 Å². The van der Waals surface area contributed by atoms with Crippen LogP contribution in [0.25, 0.3) is 16.7 Å². The van der Waals surface area contributed by atoms with Crippen molar-refractivity contribution in [2.24, 2.45) is 0 Å². The van der Waals surface area contributed by atoms with Gasteiger partial charge in [-0.1, -0.05) is 45.0 Å². The normalized spacial score (nSPS) is 11.8. The largest absolute Gasteiger partial charge is 0.505 e. The summed E-state index contributed by atoms with van der Waals surface area (Å²) in [5.41, 5.74) is 6.34. The number of aromatic hydroxyl groups is 1. The standard InChI is InChI=1S/C25H27N3O2/c1-16-12-20(25(2,3)4)24(29)23(13-16)28-26-21-11-8-18(15-22(21)27-28)14-17-6-9-19(30-5)10-7-17/h6-13,15,29H,14H2,1-5H3. The monoisotopic (exact) mass is 401 g/mol. The lowest BCUT2D eigenvalue weighted by Crippen LogP contribution is -2.13. The molecule has 4 rings (SSSR count). The van der Waals surface area contributed by atoms with Gasteiger partial charge < -0.3 is 9.84 Å². The molecule has 1 N–H and O–H groups in total. The van der Waals surface area contributed by atoms with Gasteiger partial charge in [0.25, 0.3) is 0 Å². The molecule has 5 heteroatoms. The van der Waals surface area contributed by atoms with E-state index < -0.39 is 0 Å². The van der Waals surface area contributed by atoms with Crippen LogP contribution in [0.2, 0.25) is 0 Å². The Labute approximate surface area is 176 Å². The van der Waals surface area contributed by atoms with Gasteiger partial charge in [-0.3, -0.25) is 0 Å². The van der Waals surface area contributed by atoms with Crippen molar-refractivity contribution in [3.63, 3.8) is 0 Å². The third kappa shape index (κ3) is 3.88. The summed E-state index contributed by atoms with van der Waals surface area (Å²) >= 11 is 0. The van der Waals surface area contributed by atoms with Gasteiger partial charge in [0.1, 0.15) is 28.2 Å². The van der Waals surface area contributed by atoms with Crippen molar-refractivity contribution in [1.29, 1.82) is 0 Å². The van der Waals surface area contributed by atoms with E-state index in [1.165, 1.54) is 5.56 Å². The lowest BCUT2D eigenvalue weighted by molar-refractivity contribution is 0.414. The maximum absolute atomic E-state index is 10.9. The maximum atomic E-state index is 10.9. The topological polar surface area (TPSA) is 60.2 Å². The number of aryl methyl sites for hydroxylation is 1. The Balaban J connectivity index is 1.70. The number of methoxy groups -OCH3 is 1. The van der Waals surface area contributed by atoms with Crippen molar-refractivity contribution in [3.05, 3.63) is 76.9 Å². The van der Waals surface area contributed by atoms with E-state index in [9.17, 15) is 5.11 Å². The Morgan fingerprint density at radius 2 is 1.57 bits per heavy atom. The number of hydrogen-bond acceptors (Lipinski definition) is 4. The Hall–Kier alpha value is -3.34. The van der Waals surface area contributed by atoms with E-state index in [-0.39, 0.29) is 11.2 Å². The fourth-order valence-corrected chi connectivity index (χ4v) is 3.64. The molecule has 0 aliphatic rings. The van der Waals surface area contributed by atoms with Crippen LogP contribution in [0, 0.1) is 6.92 Å². The molecule has 0 bridgehead atoms. The first-order chi connectivity index (χ1) is 14.2. The second kappa shape index (κ2) is 7.48. The molecule has 0 unspecified atom stereocenters. The predicted octanol–water partition coefficient (Wildman–Crippen LogP) is 5.33. The molecule has 3 aromatic carbocycles. The highest BCUT2D eigenvalue weighted by atomic mass is 16.5. The molecule has 1 aromatic heterocycles. The van der Waals surface area contributed by atoms with Gasteiger partial charge in [0.15, 0.2) is 0 Å². The van der Waals surface area contributed by atoms with E-state index in [2.05, 4.69) is 55.2 Å². The first kappa shape index (κ1) is 20.0. The van der Waals surface area contributed by atoms with Crippen molar-refractivity contribution in [2.75, 3.05) is 7.11 Å². The number of fused-ring (bicyclic) bond motifs is 1. The summed E-state index contributed by atoms with van der Waals surface area (Å²) in [6.07, 6.45) is 0.802. The van der Waals surface area contributed by atoms with Gasteiger partial charge in [-0.05, 0) is 65.8 Å². The molecule has 0 fully saturated rings. The molecular formula is C25H27N3O2. The smallest absolute Gasteiger partial charge is 0.146 e. The Bertz CT molecular complexity index is 1200. The van der Waals surface area contributed by atoms with Gasteiger partial charge in [-0.2, -0.15) is 0 Å². The number of nitrogens with zero attached hydrogens (tertiary/aromatic N) is 3. The highest BCUT2D eigenvalue weighted by molar-refractivity contribution is 5.75. The molecule has 0 atom stereocenters. The molecule has 0 spiro atoms. The van der Waals surface area contributed by atoms with E-state index in [0.29, 0.717) is 5.69 Å². The summed E-state index contributed by atoms with van der Waals surface area (Å²) in [6.45, 7) is 8.28. The van der Waals surface area contributed by atoms with E-state index in [1.807, 2.05) is 37.3 Å². The average molecular weight is 402 g/mol. The minimum absolute atomic E-state index is 0.178. The summed E-state index contributed by atoms with van der Waals surface area (Å²) in [7, 11) is 1.67. The van der Waals surface area contributed by atoms with Crippen molar-refractivity contribution >= 4 is 11.0 Å². The van der Waals surface area contributed by atoms with Crippen molar-refractivity contribution in [2.45, 2.75) is 39.5 Å². The highest BCUT2D eigenvalue weighted by Crippen LogP contribution is 2.36. The van der Waals surface area contributed by atoms with Crippen molar-refractivity contribution < 1.29 is 9.84 Å². The fourth-order valence-electron chi connectivity index (χ4n) is 3.64. The summed E-state index contributed by atoms with van der Waals surface area (Å²) in [5, 5.41) is 20.2. The molecule has 1 heterocycles. The van der Waals surface area contributed by atoms with Gasteiger partial charge in [0, 0.05) is 5.56 Å². The van der Waals surface area contributed by atoms with E-state index in [1.54, 1.807) is 11.9 Å². The van der Waals surface area contributed by atoms with E-state index in [0.717, 1.165) is 39.9 Å². The first-order valence-electron chi connectivity index (χ1n) is 10.1. The predicted molar refractivity (Wildman–Crippen MR) is 120 cm³/mol. The third-order valence-electron chi connectivity index (χ3n) is 5.27. The molecule has 154 valence electrons. The summed E-state index contributed by atoms with van der Waals surface area (Å²) in [6, 6.07) is 18.1. The zero-order chi connectivity index (χ0) is 21.5. The molecule has 30 heavy (non-hydrogen) atoms. The van der Waals surface area contributed by atoms with Gasteiger partial charge in [-0.15, -0.1) is 15.0 Å². The van der Waals surface area contributed by atoms with Crippen LogP contribution in [0.1, 0.15) is 43.0 Å². The van der Waals surface area contributed by atoms with E-state index in [4.69, 9.17) is 4.74 Å². The van der Waals surface area contributed by atoms with Crippen LogP contribution in [0.5, 0.6) is 11.5 Å². The van der Waals surface area contributed by atoms with Gasteiger partial charge in [-0.25, -0.2) is 0 Å². The van der Waals surface area contributed by atoms with Crippen LogP contribution >= 0.6 is 0 Å². The third-order valence-corrected chi connectivity index (χ3v) is 5.27. The maximum Gasteiger partial charge on any atom is 0.146 e. The Morgan fingerprint density at radius 3 is 2.23 bits per heavy atom. The van der Waals surface area contributed by atoms with Crippen molar-refractivity contribution in [1.82, 2.24) is 15.0 Å². The molecule has 0 amide bonds. The molecule has 0 radical (unpaired) electrons. The van der Waals surface area contributed by atoms with Crippen LogP contribution in [-0.4, -0.2) is 27.2 Å². The van der Waals surface area contributed by atoms with Gasteiger partial charge in [0.2, 0.25) is 0 Å². The van der Waals surface area contributed by atoms with E-state index >= 15 is 0 Å². The number of phenols is 1. The van der Waals surface area contributed by atoms with Crippen LogP contribution in [0.3, 0.4) is 0 Å². The number of hydrogen-bond donors (Lipinski definition) is 1. The molecular weight excluding hydrogens is 374 g/mol. The second-order valence-corrected chi connectivity index (χ2v) is 8.77.